The van der Waals surface area contributed by atoms with Crippen LogP contribution in [0.25, 0.3) is 0 Å². The van der Waals surface area contributed by atoms with Crippen LogP contribution in [-0.4, -0.2) is 49.7 Å². The molecule has 0 aromatic heterocycles. The second-order valence-corrected chi connectivity index (χ2v) is 7.89. The Bertz CT molecular complexity index is 815. The van der Waals surface area contributed by atoms with Crippen LogP contribution in [0.4, 0.5) is 0 Å². The first-order valence-corrected chi connectivity index (χ1v) is 9.40. The maximum absolute atomic E-state index is 12.6. The molecule has 1 fully saturated rings. The van der Waals surface area contributed by atoms with E-state index in [1.54, 1.807) is 59.5 Å². The molecule has 0 bridgehead atoms. The van der Waals surface area contributed by atoms with Crippen LogP contribution in [0.2, 0.25) is 5.02 Å². The molecular weight excluding hydrogens is 348 g/mol. The first-order chi connectivity index (χ1) is 11.5. The van der Waals surface area contributed by atoms with Crippen LogP contribution in [0, 0.1) is 0 Å². The average Bonchev–Trinajstić information content (AvgIpc) is 2.62. The molecule has 3 rings (SSSR count). The van der Waals surface area contributed by atoms with Crippen molar-refractivity contribution < 1.29 is 13.2 Å². The highest BCUT2D eigenvalue weighted by molar-refractivity contribution is 7.89. The minimum absolute atomic E-state index is 0.108. The van der Waals surface area contributed by atoms with Gasteiger partial charge in [-0.05, 0) is 36.4 Å². The third kappa shape index (κ3) is 3.45. The van der Waals surface area contributed by atoms with E-state index in [1.165, 1.54) is 4.31 Å². The van der Waals surface area contributed by atoms with E-state index in [0.29, 0.717) is 23.7 Å². The number of nitrogens with zero attached hydrogens (tertiary/aromatic N) is 2. The monoisotopic (exact) mass is 364 g/mol. The normalized spacial score (nSPS) is 16.1. The van der Waals surface area contributed by atoms with Gasteiger partial charge in [-0.2, -0.15) is 4.31 Å². The summed E-state index contributed by atoms with van der Waals surface area (Å²) in [6.07, 6.45) is 0. The molecule has 2 aromatic carbocycles. The van der Waals surface area contributed by atoms with E-state index in [4.69, 9.17) is 11.6 Å². The lowest BCUT2D eigenvalue weighted by atomic mass is 10.2. The maximum atomic E-state index is 12.6. The van der Waals surface area contributed by atoms with Gasteiger partial charge in [-0.1, -0.05) is 29.8 Å². The second kappa shape index (κ2) is 6.93. The van der Waals surface area contributed by atoms with Crippen molar-refractivity contribution in [3.05, 3.63) is 65.2 Å². The molecule has 0 N–H and O–H groups in total. The average molecular weight is 365 g/mol. The number of halogens is 1. The summed E-state index contributed by atoms with van der Waals surface area (Å²) in [5.74, 6) is -0.108. The van der Waals surface area contributed by atoms with Gasteiger partial charge in [0.2, 0.25) is 10.0 Å². The molecule has 1 saturated heterocycles. The lowest BCUT2D eigenvalue weighted by Gasteiger charge is -2.34. The van der Waals surface area contributed by atoms with E-state index >= 15 is 0 Å². The first-order valence-electron chi connectivity index (χ1n) is 7.58. The van der Waals surface area contributed by atoms with Crippen LogP contribution in [0.5, 0.6) is 0 Å². The van der Waals surface area contributed by atoms with Crippen LogP contribution < -0.4 is 0 Å². The van der Waals surface area contributed by atoms with Crippen molar-refractivity contribution in [2.75, 3.05) is 26.2 Å². The number of sulfonamides is 1. The van der Waals surface area contributed by atoms with Crippen LogP contribution in [-0.2, 0) is 10.0 Å². The highest BCUT2D eigenvalue weighted by atomic mass is 35.5. The van der Waals surface area contributed by atoms with E-state index in [1.807, 2.05) is 0 Å². The zero-order chi connectivity index (χ0) is 17.2. The standard InChI is InChI=1S/C17H17ClN2O3S/c18-15-8-6-14(7-9-15)17(21)19-10-12-20(13-11-19)24(22,23)16-4-2-1-3-5-16/h1-9H,10-13H2. The third-order valence-corrected chi connectivity index (χ3v) is 6.16. The summed E-state index contributed by atoms with van der Waals surface area (Å²) in [4.78, 5) is 14.4. The lowest BCUT2D eigenvalue weighted by molar-refractivity contribution is 0.0698. The molecule has 1 aliphatic rings. The highest BCUT2D eigenvalue weighted by Crippen LogP contribution is 2.18. The number of amides is 1. The summed E-state index contributed by atoms with van der Waals surface area (Å²) in [6.45, 7) is 1.31. The van der Waals surface area contributed by atoms with Crippen molar-refractivity contribution in [3.8, 4) is 0 Å². The Morgan fingerprint density at radius 3 is 2.04 bits per heavy atom. The Labute approximate surface area is 146 Å². The molecule has 0 unspecified atom stereocenters. The Kier molecular flexibility index (Phi) is 4.89. The first kappa shape index (κ1) is 17.0. The number of hydrogen-bond acceptors (Lipinski definition) is 3. The Morgan fingerprint density at radius 1 is 0.875 bits per heavy atom. The molecule has 7 heteroatoms. The zero-order valence-electron chi connectivity index (χ0n) is 12.9. The van der Waals surface area contributed by atoms with Crippen molar-refractivity contribution in [2.24, 2.45) is 0 Å². The predicted octanol–water partition coefficient (Wildman–Crippen LogP) is 2.49. The van der Waals surface area contributed by atoms with Gasteiger partial charge in [-0.15, -0.1) is 0 Å². The van der Waals surface area contributed by atoms with Gasteiger partial charge in [0.15, 0.2) is 0 Å². The molecule has 0 radical (unpaired) electrons. The van der Waals surface area contributed by atoms with Gasteiger partial charge in [-0.25, -0.2) is 8.42 Å². The van der Waals surface area contributed by atoms with E-state index in [2.05, 4.69) is 0 Å². The summed E-state index contributed by atoms with van der Waals surface area (Å²) >= 11 is 5.83. The summed E-state index contributed by atoms with van der Waals surface area (Å²) in [6, 6.07) is 15.1. The van der Waals surface area contributed by atoms with Gasteiger partial charge in [0.25, 0.3) is 5.91 Å². The molecule has 24 heavy (non-hydrogen) atoms. The van der Waals surface area contributed by atoms with Crippen LogP contribution in [0.15, 0.2) is 59.5 Å². The topological polar surface area (TPSA) is 57.7 Å². The van der Waals surface area contributed by atoms with Gasteiger partial charge in [0, 0.05) is 36.8 Å². The fourth-order valence-electron chi connectivity index (χ4n) is 2.65. The quantitative estimate of drug-likeness (QED) is 0.840. The summed E-state index contributed by atoms with van der Waals surface area (Å²) in [5.41, 5.74) is 0.554. The Balaban J connectivity index is 1.67. The number of benzene rings is 2. The third-order valence-electron chi connectivity index (χ3n) is 4.00. The molecule has 0 spiro atoms. The van der Waals surface area contributed by atoms with Gasteiger partial charge < -0.3 is 4.90 Å². The molecule has 0 aliphatic carbocycles. The molecule has 1 heterocycles. The van der Waals surface area contributed by atoms with Crippen molar-refractivity contribution in [3.63, 3.8) is 0 Å². The summed E-state index contributed by atoms with van der Waals surface area (Å²) in [7, 11) is -3.50. The molecule has 0 saturated carbocycles. The van der Waals surface area contributed by atoms with E-state index < -0.39 is 10.0 Å². The molecule has 1 aliphatic heterocycles. The second-order valence-electron chi connectivity index (χ2n) is 5.52. The van der Waals surface area contributed by atoms with E-state index in [-0.39, 0.29) is 23.9 Å². The zero-order valence-corrected chi connectivity index (χ0v) is 14.5. The maximum Gasteiger partial charge on any atom is 0.253 e. The van der Waals surface area contributed by atoms with Crippen molar-refractivity contribution >= 4 is 27.5 Å². The van der Waals surface area contributed by atoms with Crippen molar-refractivity contribution in [1.82, 2.24) is 9.21 Å². The smallest absolute Gasteiger partial charge is 0.253 e. The highest BCUT2D eigenvalue weighted by Gasteiger charge is 2.30. The van der Waals surface area contributed by atoms with Crippen LogP contribution in [0.3, 0.4) is 0 Å². The molecule has 2 aromatic rings. The summed E-state index contributed by atoms with van der Waals surface area (Å²) in [5, 5.41) is 0.574. The van der Waals surface area contributed by atoms with Crippen LogP contribution in [0.1, 0.15) is 10.4 Å². The Hall–Kier alpha value is -1.89. The van der Waals surface area contributed by atoms with Gasteiger partial charge in [-0.3, -0.25) is 4.79 Å². The fourth-order valence-corrected chi connectivity index (χ4v) is 4.22. The van der Waals surface area contributed by atoms with E-state index in [9.17, 15) is 13.2 Å². The Morgan fingerprint density at radius 2 is 1.46 bits per heavy atom. The van der Waals surface area contributed by atoms with Crippen LogP contribution >= 0.6 is 11.6 Å². The number of hydrogen-bond donors (Lipinski definition) is 0. The summed E-state index contributed by atoms with van der Waals surface area (Å²) < 4.78 is 26.6. The van der Waals surface area contributed by atoms with Gasteiger partial charge >= 0.3 is 0 Å². The molecule has 5 nitrogen and oxygen atoms in total. The van der Waals surface area contributed by atoms with Gasteiger partial charge in [0.1, 0.15) is 0 Å². The SMILES string of the molecule is O=C(c1ccc(Cl)cc1)N1CCN(S(=O)(=O)c2ccccc2)CC1. The molecular formula is C17H17ClN2O3S. The predicted molar refractivity (Wildman–Crippen MR) is 92.6 cm³/mol. The largest absolute Gasteiger partial charge is 0.336 e. The minimum atomic E-state index is -3.50. The number of carbonyl (C=O) groups excluding carboxylic acids is 1. The number of rotatable bonds is 3. The molecule has 0 atom stereocenters. The fraction of sp³-hybridized carbons (Fsp3) is 0.235. The van der Waals surface area contributed by atoms with E-state index in [0.717, 1.165) is 0 Å². The van der Waals surface area contributed by atoms with Crippen molar-refractivity contribution in [2.45, 2.75) is 4.90 Å². The number of piperazine rings is 1. The molecule has 126 valence electrons. The minimum Gasteiger partial charge on any atom is -0.336 e. The lowest BCUT2D eigenvalue weighted by Crippen LogP contribution is -2.50. The molecule has 1 amide bonds. The number of carbonyl (C=O) groups is 1. The van der Waals surface area contributed by atoms with Crippen molar-refractivity contribution in [1.29, 1.82) is 0 Å². The van der Waals surface area contributed by atoms with Gasteiger partial charge in [0.05, 0.1) is 4.90 Å².